The number of allylic oxidation sites excluding steroid dienone is 1. The van der Waals surface area contributed by atoms with Crippen molar-refractivity contribution in [3.8, 4) is 0 Å². The van der Waals surface area contributed by atoms with Crippen molar-refractivity contribution < 1.29 is 23.5 Å². The quantitative estimate of drug-likeness (QED) is 0.0508. The minimum Gasteiger partial charge on any atom is -0.445 e. The minimum absolute atomic E-state index is 0.0705. The van der Waals surface area contributed by atoms with Crippen LogP contribution in [0, 0.1) is 0 Å². The maximum absolute atomic E-state index is 14.5. The molecule has 5 rings (SSSR count). The van der Waals surface area contributed by atoms with Gasteiger partial charge in [0.1, 0.15) is 12.4 Å². The van der Waals surface area contributed by atoms with E-state index < -0.39 is 8.32 Å². The zero-order valence-electron chi connectivity index (χ0n) is 34.1. The summed E-state index contributed by atoms with van der Waals surface area (Å²) in [5.41, 5.74) is 2.05. The molecule has 1 heterocycles. The second-order valence-corrected chi connectivity index (χ2v) is 20.4. The van der Waals surface area contributed by atoms with Gasteiger partial charge in [-0.2, -0.15) is 0 Å². The van der Waals surface area contributed by atoms with E-state index in [0.29, 0.717) is 31.8 Å². The number of ether oxygens (including phenoxy) is 2. The molecule has 1 amide bonds. The monoisotopic (exact) mass is 773 g/mol. The van der Waals surface area contributed by atoms with E-state index in [9.17, 15) is 9.59 Å². The Bertz CT molecular complexity index is 1720. The number of likely N-dealkylation sites (tertiary alicyclic amines) is 1. The van der Waals surface area contributed by atoms with Crippen molar-refractivity contribution in [3.05, 3.63) is 145 Å². The highest BCUT2D eigenvalue weighted by Crippen LogP contribution is 2.38. The Hall–Kier alpha value is -4.30. The topological polar surface area (TPSA) is 65.1 Å². The van der Waals surface area contributed by atoms with Crippen molar-refractivity contribution >= 4 is 30.6 Å². The number of hydrogen-bond donors (Lipinski definition) is 0. The number of ketones is 1. The van der Waals surface area contributed by atoms with Gasteiger partial charge < -0.3 is 13.9 Å². The molecule has 0 saturated carbocycles. The number of carbonyl (C=O) groups excluding carboxylic acids is 2. The van der Waals surface area contributed by atoms with Gasteiger partial charge in [-0.15, -0.1) is 0 Å². The molecule has 1 aliphatic heterocycles. The van der Waals surface area contributed by atoms with Gasteiger partial charge in [-0.25, -0.2) is 4.79 Å². The third-order valence-electron chi connectivity index (χ3n) is 11.1. The van der Waals surface area contributed by atoms with Crippen LogP contribution < -0.4 is 10.4 Å². The third kappa shape index (κ3) is 11.9. The van der Waals surface area contributed by atoms with Crippen LogP contribution >= 0.6 is 0 Å². The van der Waals surface area contributed by atoms with Crippen molar-refractivity contribution in [1.82, 2.24) is 4.90 Å². The number of carbonyl (C=O) groups is 2. The molecule has 56 heavy (non-hydrogen) atoms. The first kappa shape index (κ1) is 42.8. The van der Waals surface area contributed by atoms with E-state index in [-0.39, 0.29) is 35.9 Å². The summed E-state index contributed by atoms with van der Waals surface area (Å²) in [6.45, 7) is 9.75. The summed E-state index contributed by atoms with van der Waals surface area (Å²) >= 11 is 0. The second-order valence-electron chi connectivity index (χ2n) is 16.1. The maximum atomic E-state index is 14.5. The lowest BCUT2D eigenvalue weighted by Crippen LogP contribution is -2.68. The number of rotatable bonds is 20. The van der Waals surface area contributed by atoms with Gasteiger partial charge in [-0.05, 0) is 65.1 Å². The summed E-state index contributed by atoms with van der Waals surface area (Å²) in [5, 5.41) is 2.17. The van der Waals surface area contributed by atoms with Crippen molar-refractivity contribution in [1.29, 1.82) is 0 Å². The number of piperidine rings is 1. The molecule has 4 aromatic carbocycles. The molecule has 0 aromatic heterocycles. The number of nitrogens with zero attached hydrogens (tertiary/aromatic N) is 1. The first-order valence-electron chi connectivity index (χ1n) is 20.8. The average Bonchev–Trinajstić information content (AvgIpc) is 3.22. The zero-order chi connectivity index (χ0) is 39.6. The predicted octanol–water partition coefficient (Wildman–Crippen LogP) is 10.6. The second kappa shape index (κ2) is 21.9. The first-order chi connectivity index (χ1) is 27.2. The van der Waals surface area contributed by atoms with Gasteiger partial charge >= 0.3 is 6.09 Å². The minimum atomic E-state index is -2.93. The molecule has 1 aliphatic rings. The highest BCUT2D eigenvalue weighted by Gasteiger charge is 2.52. The van der Waals surface area contributed by atoms with Gasteiger partial charge in [0, 0.05) is 18.9 Å². The molecule has 1 saturated heterocycles. The number of benzene rings is 4. The van der Waals surface area contributed by atoms with Gasteiger partial charge in [-0.3, -0.25) is 9.69 Å². The summed E-state index contributed by atoms with van der Waals surface area (Å²) in [6, 6.07) is 41.0. The fourth-order valence-electron chi connectivity index (χ4n) is 8.07. The van der Waals surface area contributed by atoms with Crippen LogP contribution in [-0.4, -0.2) is 49.9 Å². The Balaban J connectivity index is 1.44. The lowest BCUT2D eigenvalue weighted by atomic mass is 9.91. The Kier molecular flexibility index (Phi) is 16.7. The Labute approximate surface area is 337 Å². The van der Waals surface area contributed by atoms with Crippen LogP contribution in [0.15, 0.2) is 133 Å². The van der Waals surface area contributed by atoms with Crippen LogP contribution in [0.4, 0.5) is 4.79 Å². The summed E-state index contributed by atoms with van der Waals surface area (Å²) in [5.74, 6) is 0.354. The summed E-state index contributed by atoms with van der Waals surface area (Å²) in [6.07, 6.45) is 12.8. The standard InChI is InChI=1S/C49H63NO5Si/c1-5-43(51)30-20-10-8-6-7-9-19-29-42-35-36-47(53-37-40-25-15-11-16-26-40)46(50(42)48(52)54-38-41-27-17-12-18-28-41)39-55-56(49(2,3)4,44-31-21-13-22-32-44)45-33-23-14-24-34-45/h9,11-19,21-28,31-34,42,46-47H,5-8,10,20,29-30,35-39H2,1-4H3/b19-9+/t42-,46+,47-/m1/s1. The van der Waals surface area contributed by atoms with E-state index in [1.54, 1.807) is 0 Å². The van der Waals surface area contributed by atoms with Crippen molar-refractivity contribution in [3.63, 3.8) is 0 Å². The highest BCUT2D eigenvalue weighted by molar-refractivity contribution is 6.99. The molecule has 0 aliphatic carbocycles. The van der Waals surface area contributed by atoms with Gasteiger partial charge in [0.15, 0.2) is 0 Å². The van der Waals surface area contributed by atoms with E-state index in [1.807, 2.05) is 60.4 Å². The summed E-state index contributed by atoms with van der Waals surface area (Å²) in [7, 11) is -2.93. The largest absolute Gasteiger partial charge is 0.445 e. The first-order valence-corrected chi connectivity index (χ1v) is 22.7. The van der Waals surface area contributed by atoms with Crippen LogP contribution in [0.1, 0.15) is 103 Å². The Morgan fingerprint density at radius 2 is 1.27 bits per heavy atom. The molecule has 0 N–H and O–H groups in total. The maximum Gasteiger partial charge on any atom is 0.410 e. The van der Waals surface area contributed by atoms with Crippen LogP contribution in [0.3, 0.4) is 0 Å². The molecule has 6 nitrogen and oxygen atoms in total. The number of hydrogen-bond acceptors (Lipinski definition) is 5. The smallest absolute Gasteiger partial charge is 0.410 e. The number of unbranched alkanes of at least 4 members (excludes halogenated alkanes) is 4. The lowest BCUT2D eigenvalue weighted by molar-refractivity contribution is -0.118. The molecular formula is C49H63NO5Si. The SMILES string of the molecule is CCC(=O)CCCCCC/C=C/C[C@@H]1CC[C@@H](OCc2ccccc2)[C@H](CO[Si](c2ccccc2)(c2ccccc2)C(C)(C)C)N1C(=O)OCc1ccccc1. The molecule has 4 aromatic rings. The Morgan fingerprint density at radius 3 is 1.84 bits per heavy atom. The molecule has 0 unspecified atom stereocenters. The fourth-order valence-corrected chi connectivity index (χ4v) is 12.6. The molecule has 1 fully saturated rings. The van der Waals surface area contributed by atoms with Crippen LogP contribution in [-0.2, 0) is 31.9 Å². The predicted molar refractivity (Wildman–Crippen MR) is 231 cm³/mol. The van der Waals surface area contributed by atoms with Crippen molar-refractivity contribution in [2.75, 3.05) is 6.61 Å². The summed E-state index contributed by atoms with van der Waals surface area (Å²) < 4.78 is 20.5. The van der Waals surface area contributed by atoms with Gasteiger partial charge in [0.25, 0.3) is 8.32 Å². The third-order valence-corrected chi connectivity index (χ3v) is 16.1. The zero-order valence-corrected chi connectivity index (χ0v) is 35.1. The number of Topliss-reactive ketones (excluding diaryl/α,β-unsaturated/α-hetero) is 1. The summed E-state index contributed by atoms with van der Waals surface area (Å²) in [4.78, 5) is 28.2. The van der Waals surface area contributed by atoms with E-state index in [2.05, 4.69) is 106 Å². The van der Waals surface area contributed by atoms with E-state index in [4.69, 9.17) is 13.9 Å². The van der Waals surface area contributed by atoms with E-state index >= 15 is 0 Å². The van der Waals surface area contributed by atoms with Gasteiger partial charge in [0.2, 0.25) is 0 Å². The van der Waals surface area contributed by atoms with Crippen LogP contribution in [0.2, 0.25) is 5.04 Å². The number of amides is 1. The lowest BCUT2D eigenvalue weighted by Gasteiger charge is -2.48. The average molecular weight is 774 g/mol. The van der Waals surface area contributed by atoms with Crippen LogP contribution in [0.25, 0.3) is 0 Å². The molecular weight excluding hydrogens is 711 g/mol. The normalized spacial score (nSPS) is 17.6. The fraction of sp³-hybridized carbons (Fsp3) is 0.429. The molecule has 3 atom stereocenters. The Morgan fingerprint density at radius 1 is 0.714 bits per heavy atom. The highest BCUT2D eigenvalue weighted by atomic mass is 28.4. The van der Waals surface area contributed by atoms with Crippen molar-refractivity contribution in [2.45, 2.75) is 128 Å². The van der Waals surface area contributed by atoms with Crippen LogP contribution in [0.5, 0.6) is 0 Å². The van der Waals surface area contributed by atoms with Gasteiger partial charge in [0.05, 0.1) is 25.4 Å². The molecule has 0 radical (unpaired) electrons. The molecule has 7 heteroatoms. The molecule has 0 bridgehead atoms. The van der Waals surface area contributed by atoms with Gasteiger partial charge in [-0.1, -0.05) is 174 Å². The van der Waals surface area contributed by atoms with E-state index in [0.717, 1.165) is 62.5 Å². The molecule has 0 spiro atoms. The van der Waals surface area contributed by atoms with Crippen molar-refractivity contribution in [2.24, 2.45) is 0 Å². The van der Waals surface area contributed by atoms with E-state index in [1.165, 1.54) is 10.4 Å². The molecule has 298 valence electrons.